The van der Waals surface area contributed by atoms with Gasteiger partial charge in [-0.3, -0.25) is 0 Å². The Morgan fingerprint density at radius 1 is 1.33 bits per heavy atom. The molecule has 0 saturated heterocycles. The number of benzene rings is 1. The molecule has 1 fully saturated rings. The summed E-state index contributed by atoms with van der Waals surface area (Å²) in [6.45, 7) is 0. The van der Waals surface area contributed by atoms with Gasteiger partial charge in [-0.25, -0.2) is 0 Å². The Morgan fingerprint density at radius 2 is 1.95 bits per heavy atom. The van der Waals surface area contributed by atoms with Crippen molar-refractivity contribution in [1.29, 1.82) is 0 Å². The van der Waals surface area contributed by atoms with Gasteiger partial charge in [0.25, 0.3) is 0 Å². The molecular weight excluding hydrogens is 349 g/mol. The van der Waals surface area contributed by atoms with Gasteiger partial charge in [-0.15, -0.1) is 0 Å². The molecular formula is C15H18BrF3O2. The second kappa shape index (κ2) is 6.16. The van der Waals surface area contributed by atoms with Crippen molar-refractivity contribution < 1.29 is 23.0 Å². The maximum atomic E-state index is 12.7. The van der Waals surface area contributed by atoms with Crippen molar-refractivity contribution in [3.63, 3.8) is 0 Å². The number of methoxy groups -OCH3 is 1. The molecule has 1 aliphatic rings. The second-order valence-electron chi connectivity index (χ2n) is 5.69. The molecule has 0 heterocycles. The van der Waals surface area contributed by atoms with Crippen molar-refractivity contribution in [3.8, 4) is 5.75 Å². The first-order valence-corrected chi connectivity index (χ1v) is 7.64. The van der Waals surface area contributed by atoms with Crippen LogP contribution in [0.5, 0.6) is 5.75 Å². The van der Waals surface area contributed by atoms with E-state index in [1.807, 2.05) is 12.1 Å². The Kier molecular flexibility index (Phi) is 4.88. The summed E-state index contributed by atoms with van der Waals surface area (Å²) < 4.78 is 43.9. The highest BCUT2D eigenvalue weighted by molar-refractivity contribution is 9.10. The summed E-state index contributed by atoms with van der Waals surface area (Å²) in [7, 11) is 1.56. The van der Waals surface area contributed by atoms with Crippen LogP contribution < -0.4 is 4.74 Å². The van der Waals surface area contributed by atoms with Crippen LogP contribution in [0.2, 0.25) is 0 Å². The molecule has 0 spiro atoms. The van der Waals surface area contributed by atoms with Crippen LogP contribution in [0.25, 0.3) is 0 Å². The fourth-order valence-corrected chi connectivity index (χ4v) is 3.45. The zero-order valence-corrected chi connectivity index (χ0v) is 13.3. The van der Waals surface area contributed by atoms with Crippen LogP contribution in [-0.4, -0.2) is 24.0 Å². The molecule has 21 heavy (non-hydrogen) atoms. The maximum Gasteiger partial charge on any atom is 0.391 e. The first-order chi connectivity index (χ1) is 9.73. The highest BCUT2D eigenvalue weighted by atomic mass is 79.9. The van der Waals surface area contributed by atoms with Crippen LogP contribution in [0.4, 0.5) is 13.2 Å². The third-order valence-electron chi connectivity index (χ3n) is 4.13. The molecule has 0 aliphatic heterocycles. The molecule has 1 N–H and O–H groups in total. The Bertz CT molecular complexity index is 494. The van der Waals surface area contributed by atoms with Crippen LogP contribution in [-0.2, 0) is 6.42 Å². The number of alkyl halides is 3. The van der Waals surface area contributed by atoms with E-state index in [4.69, 9.17) is 4.74 Å². The van der Waals surface area contributed by atoms with Crippen molar-refractivity contribution >= 4 is 15.9 Å². The number of aliphatic hydroxyl groups is 1. The van der Waals surface area contributed by atoms with E-state index in [1.165, 1.54) is 0 Å². The lowest BCUT2D eigenvalue weighted by atomic mass is 9.75. The van der Waals surface area contributed by atoms with Crippen molar-refractivity contribution in [2.24, 2.45) is 5.92 Å². The van der Waals surface area contributed by atoms with Gasteiger partial charge in [0.1, 0.15) is 5.75 Å². The van der Waals surface area contributed by atoms with Crippen LogP contribution in [0.3, 0.4) is 0 Å². The molecule has 2 nitrogen and oxygen atoms in total. The quantitative estimate of drug-likeness (QED) is 0.854. The van der Waals surface area contributed by atoms with Crippen LogP contribution in [0.1, 0.15) is 31.2 Å². The zero-order chi connectivity index (χ0) is 15.7. The standard InChI is InChI=1S/C15H18BrF3O2/c1-21-13-3-2-10(8-12(13)16)9-14(20)6-4-11(5-7-14)15(17,18)19/h2-3,8,11,20H,4-7,9H2,1H3. The second-order valence-corrected chi connectivity index (χ2v) is 6.54. The lowest BCUT2D eigenvalue weighted by molar-refractivity contribution is -0.192. The monoisotopic (exact) mass is 366 g/mol. The van der Waals surface area contributed by atoms with Gasteiger partial charge in [0.2, 0.25) is 0 Å². The van der Waals surface area contributed by atoms with Gasteiger partial charge in [-0.2, -0.15) is 13.2 Å². The summed E-state index contributed by atoms with van der Waals surface area (Å²) in [5, 5.41) is 10.5. The van der Waals surface area contributed by atoms with Gasteiger partial charge < -0.3 is 9.84 Å². The van der Waals surface area contributed by atoms with E-state index in [0.29, 0.717) is 12.2 Å². The Morgan fingerprint density at radius 3 is 2.43 bits per heavy atom. The largest absolute Gasteiger partial charge is 0.496 e. The molecule has 0 amide bonds. The molecule has 0 bridgehead atoms. The van der Waals surface area contributed by atoms with E-state index in [1.54, 1.807) is 13.2 Å². The minimum absolute atomic E-state index is 0.00265. The third-order valence-corrected chi connectivity index (χ3v) is 4.75. The first kappa shape index (κ1) is 16.6. The lowest BCUT2D eigenvalue weighted by Gasteiger charge is -2.36. The number of rotatable bonds is 3. The summed E-state index contributed by atoms with van der Waals surface area (Å²) in [5.41, 5.74) is -0.161. The van der Waals surface area contributed by atoms with Crippen LogP contribution in [0, 0.1) is 5.92 Å². The summed E-state index contributed by atoms with van der Waals surface area (Å²) in [6.07, 6.45) is -3.43. The van der Waals surface area contributed by atoms with Gasteiger partial charge in [-0.05, 0) is 59.3 Å². The predicted molar refractivity (Wildman–Crippen MR) is 77.4 cm³/mol. The SMILES string of the molecule is COc1ccc(CC2(O)CCC(C(F)(F)F)CC2)cc1Br. The fraction of sp³-hybridized carbons (Fsp3) is 0.600. The summed E-state index contributed by atoms with van der Waals surface area (Å²) in [5.74, 6) is -0.591. The third kappa shape index (κ3) is 4.13. The van der Waals surface area contributed by atoms with Gasteiger partial charge in [0.05, 0.1) is 23.1 Å². The van der Waals surface area contributed by atoms with E-state index in [0.717, 1.165) is 10.0 Å². The normalized spacial score (nSPS) is 26.7. The van der Waals surface area contributed by atoms with Crippen LogP contribution in [0.15, 0.2) is 22.7 Å². The Hall–Kier alpha value is -0.750. The molecule has 0 atom stereocenters. The average molecular weight is 367 g/mol. The van der Waals surface area contributed by atoms with Gasteiger partial charge in [0, 0.05) is 6.42 Å². The van der Waals surface area contributed by atoms with E-state index >= 15 is 0 Å². The fourth-order valence-electron chi connectivity index (χ4n) is 2.86. The number of hydrogen-bond acceptors (Lipinski definition) is 2. The van der Waals surface area contributed by atoms with Crippen molar-refractivity contribution in [3.05, 3.63) is 28.2 Å². The minimum atomic E-state index is -4.15. The molecule has 2 rings (SSSR count). The van der Waals surface area contributed by atoms with Crippen LogP contribution >= 0.6 is 15.9 Å². The molecule has 118 valence electrons. The topological polar surface area (TPSA) is 29.5 Å². The van der Waals surface area contributed by atoms with Gasteiger partial charge >= 0.3 is 6.18 Å². The zero-order valence-electron chi connectivity index (χ0n) is 11.7. The highest BCUT2D eigenvalue weighted by Crippen LogP contribution is 2.42. The number of hydrogen-bond donors (Lipinski definition) is 1. The molecule has 0 aromatic heterocycles. The smallest absolute Gasteiger partial charge is 0.391 e. The summed E-state index contributed by atoms with van der Waals surface area (Å²) in [4.78, 5) is 0. The van der Waals surface area contributed by atoms with Crippen molar-refractivity contribution in [1.82, 2.24) is 0 Å². The van der Waals surface area contributed by atoms with Gasteiger partial charge in [0.15, 0.2) is 0 Å². The van der Waals surface area contributed by atoms with E-state index in [9.17, 15) is 18.3 Å². The van der Waals surface area contributed by atoms with Crippen molar-refractivity contribution in [2.45, 2.75) is 43.9 Å². The first-order valence-electron chi connectivity index (χ1n) is 6.85. The average Bonchev–Trinajstić information content (AvgIpc) is 2.38. The molecule has 1 aromatic carbocycles. The van der Waals surface area contributed by atoms with E-state index in [2.05, 4.69) is 15.9 Å². The highest BCUT2D eigenvalue weighted by Gasteiger charge is 2.45. The Labute approximate surface area is 130 Å². The summed E-state index contributed by atoms with van der Waals surface area (Å²) >= 11 is 3.37. The lowest BCUT2D eigenvalue weighted by Crippen LogP contribution is -2.39. The number of halogens is 4. The summed E-state index contributed by atoms with van der Waals surface area (Å²) in [6, 6.07) is 5.45. The van der Waals surface area contributed by atoms with Gasteiger partial charge in [-0.1, -0.05) is 6.07 Å². The molecule has 6 heteroatoms. The molecule has 0 radical (unpaired) electrons. The molecule has 1 saturated carbocycles. The molecule has 1 aliphatic carbocycles. The number of ether oxygens (including phenoxy) is 1. The van der Waals surface area contributed by atoms with Crippen molar-refractivity contribution in [2.75, 3.05) is 7.11 Å². The minimum Gasteiger partial charge on any atom is -0.496 e. The Balaban J connectivity index is 2.02. The van der Waals surface area contributed by atoms with E-state index in [-0.39, 0.29) is 25.7 Å². The van der Waals surface area contributed by atoms with E-state index < -0.39 is 17.7 Å². The predicted octanol–water partition coefficient (Wildman–Crippen LogP) is 4.48. The molecule has 0 unspecified atom stereocenters. The maximum absolute atomic E-state index is 12.7. The molecule has 1 aromatic rings.